The summed E-state index contributed by atoms with van der Waals surface area (Å²) < 4.78 is 15.7. The van der Waals surface area contributed by atoms with Gasteiger partial charge in [-0.25, -0.2) is 9.59 Å². The third kappa shape index (κ3) is 14.4. The molecule has 0 bridgehead atoms. The fraction of sp³-hybridized carbons (Fsp3) is 0.640. The predicted molar refractivity (Wildman–Crippen MR) is 128 cm³/mol. The van der Waals surface area contributed by atoms with E-state index >= 15 is 0 Å². The van der Waals surface area contributed by atoms with Crippen molar-refractivity contribution in [3.63, 3.8) is 0 Å². The first kappa shape index (κ1) is 29.2. The van der Waals surface area contributed by atoms with E-state index in [4.69, 9.17) is 14.2 Å². The quantitative estimate of drug-likeness (QED) is 0.248. The normalized spacial score (nSPS) is 13.4. The number of nitrogens with one attached hydrogen (secondary N) is 2. The van der Waals surface area contributed by atoms with Crippen LogP contribution in [-0.4, -0.2) is 53.2 Å². The minimum absolute atomic E-state index is 0.186. The van der Waals surface area contributed by atoms with Crippen LogP contribution in [0.25, 0.3) is 0 Å². The van der Waals surface area contributed by atoms with E-state index in [0.29, 0.717) is 25.8 Å². The van der Waals surface area contributed by atoms with Crippen molar-refractivity contribution < 1.29 is 33.7 Å². The number of amides is 2. The maximum absolute atomic E-state index is 12.2. The zero-order chi connectivity index (χ0) is 25.8. The van der Waals surface area contributed by atoms with Gasteiger partial charge in [-0.05, 0) is 66.4 Å². The van der Waals surface area contributed by atoms with E-state index < -0.39 is 41.5 Å². The summed E-state index contributed by atoms with van der Waals surface area (Å²) in [5.41, 5.74) is -0.479. The summed E-state index contributed by atoms with van der Waals surface area (Å²) in [6, 6.07) is 8.65. The van der Waals surface area contributed by atoms with Crippen molar-refractivity contribution in [2.45, 2.75) is 97.2 Å². The van der Waals surface area contributed by atoms with Gasteiger partial charge in [-0.1, -0.05) is 30.3 Å². The van der Waals surface area contributed by atoms with Gasteiger partial charge in [0.2, 0.25) is 0 Å². The molecule has 0 aromatic heterocycles. The summed E-state index contributed by atoms with van der Waals surface area (Å²) in [4.78, 5) is 36.2. The molecule has 34 heavy (non-hydrogen) atoms. The average molecular weight is 481 g/mol. The Morgan fingerprint density at radius 1 is 0.912 bits per heavy atom. The van der Waals surface area contributed by atoms with Crippen LogP contribution in [0.5, 0.6) is 0 Å². The smallest absolute Gasteiger partial charge is 0.407 e. The van der Waals surface area contributed by atoms with Crippen LogP contribution in [0.15, 0.2) is 30.3 Å². The van der Waals surface area contributed by atoms with Gasteiger partial charge in [-0.15, -0.1) is 0 Å². The van der Waals surface area contributed by atoms with Crippen molar-refractivity contribution in [2.75, 3.05) is 6.54 Å². The van der Waals surface area contributed by atoms with Crippen molar-refractivity contribution in [1.29, 1.82) is 0 Å². The third-order valence-electron chi connectivity index (χ3n) is 4.39. The number of aliphatic hydroxyl groups is 1. The molecule has 0 saturated heterocycles. The highest BCUT2D eigenvalue weighted by Crippen LogP contribution is 2.15. The molecule has 0 heterocycles. The van der Waals surface area contributed by atoms with Crippen molar-refractivity contribution in [1.82, 2.24) is 10.6 Å². The van der Waals surface area contributed by atoms with E-state index in [0.717, 1.165) is 5.56 Å². The molecule has 0 aliphatic carbocycles. The molecule has 0 saturated carbocycles. The Balaban J connectivity index is 2.49. The molecule has 1 rings (SSSR count). The van der Waals surface area contributed by atoms with Crippen LogP contribution in [-0.2, 0) is 25.6 Å². The predicted octanol–water partition coefficient (Wildman–Crippen LogP) is 4.07. The molecule has 192 valence electrons. The average Bonchev–Trinajstić information content (AvgIpc) is 2.69. The van der Waals surface area contributed by atoms with Crippen molar-refractivity contribution in [2.24, 2.45) is 0 Å². The number of benzene rings is 1. The fourth-order valence-corrected chi connectivity index (χ4v) is 2.97. The summed E-state index contributed by atoms with van der Waals surface area (Å²) in [5, 5.41) is 15.9. The molecule has 9 nitrogen and oxygen atoms in total. The summed E-state index contributed by atoms with van der Waals surface area (Å²) in [7, 11) is 0. The summed E-state index contributed by atoms with van der Waals surface area (Å²) >= 11 is 0. The van der Waals surface area contributed by atoms with E-state index in [1.54, 1.807) is 41.5 Å². The van der Waals surface area contributed by atoms with Gasteiger partial charge >= 0.3 is 18.2 Å². The Bertz CT molecular complexity index is 770. The van der Waals surface area contributed by atoms with E-state index in [2.05, 4.69) is 10.6 Å². The first-order valence-electron chi connectivity index (χ1n) is 11.6. The number of carbonyl (C=O) groups is 3. The summed E-state index contributed by atoms with van der Waals surface area (Å²) in [6.45, 7) is 11.0. The topological polar surface area (TPSA) is 123 Å². The van der Waals surface area contributed by atoms with Gasteiger partial charge < -0.3 is 30.0 Å². The molecule has 0 aliphatic rings. The number of rotatable bonds is 11. The number of carbonyl (C=O) groups excluding carboxylic acids is 3. The van der Waals surface area contributed by atoms with Gasteiger partial charge in [0.1, 0.15) is 17.8 Å². The van der Waals surface area contributed by atoms with Crippen molar-refractivity contribution in [3.8, 4) is 0 Å². The van der Waals surface area contributed by atoms with Gasteiger partial charge in [0.15, 0.2) is 0 Å². The van der Waals surface area contributed by atoms with Gasteiger partial charge in [0.05, 0.1) is 18.6 Å². The summed E-state index contributed by atoms with van der Waals surface area (Å²) in [5.74, 6) is -0.557. The number of hydrogen-bond donors (Lipinski definition) is 3. The van der Waals surface area contributed by atoms with Crippen molar-refractivity contribution in [3.05, 3.63) is 35.9 Å². The highest BCUT2D eigenvalue weighted by molar-refractivity contribution is 5.71. The van der Waals surface area contributed by atoms with Gasteiger partial charge in [-0.3, -0.25) is 4.79 Å². The molecule has 1 aromatic carbocycles. The van der Waals surface area contributed by atoms with E-state index in [-0.39, 0.29) is 13.0 Å². The second-order valence-corrected chi connectivity index (χ2v) is 10.1. The minimum Gasteiger partial charge on any atom is -0.460 e. The molecule has 0 unspecified atom stereocenters. The Labute approximate surface area is 202 Å². The van der Waals surface area contributed by atoms with E-state index in [1.807, 2.05) is 30.3 Å². The number of hydrogen-bond acceptors (Lipinski definition) is 7. The molecule has 9 heteroatoms. The monoisotopic (exact) mass is 480 g/mol. The number of unbranched alkanes of at least 4 members (excludes halogenated alkanes) is 1. The lowest BCUT2D eigenvalue weighted by Gasteiger charge is -2.27. The van der Waals surface area contributed by atoms with E-state index in [9.17, 15) is 19.5 Å². The van der Waals surface area contributed by atoms with Crippen LogP contribution in [0, 0.1) is 0 Å². The molecule has 0 radical (unpaired) electrons. The molecule has 1 aromatic rings. The lowest BCUT2D eigenvalue weighted by molar-refractivity contribution is -0.157. The molecule has 2 atom stereocenters. The third-order valence-corrected chi connectivity index (χ3v) is 4.39. The zero-order valence-corrected chi connectivity index (χ0v) is 21.2. The number of aliphatic hydroxyl groups excluding tert-OH is 1. The number of alkyl carbamates (subject to hydrolysis) is 2. The molecule has 0 aliphatic heterocycles. The fourth-order valence-electron chi connectivity index (χ4n) is 2.97. The molecular formula is C25H40N2O7. The highest BCUT2D eigenvalue weighted by Gasteiger charge is 2.28. The molecule has 0 spiro atoms. The van der Waals surface area contributed by atoms with Crippen LogP contribution in [0.4, 0.5) is 9.59 Å². The highest BCUT2D eigenvalue weighted by atomic mass is 16.6. The van der Waals surface area contributed by atoms with Gasteiger partial charge in [0.25, 0.3) is 0 Å². The van der Waals surface area contributed by atoms with Crippen LogP contribution < -0.4 is 10.6 Å². The summed E-state index contributed by atoms with van der Waals surface area (Å²) in [6.07, 6.45) is -1.06. The van der Waals surface area contributed by atoms with Crippen LogP contribution >= 0.6 is 0 Å². The largest absolute Gasteiger partial charge is 0.460 e. The Morgan fingerprint density at radius 3 is 2.12 bits per heavy atom. The second kappa shape index (κ2) is 13.8. The first-order chi connectivity index (χ1) is 15.7. The van der Waals surface area contributed by atoms with Gasteiger partial charge in [-0.2, -0.15) is 0 Å². The maximum Gasteiger partial charge on any atom is 0.407 e. The Morgan fingerprint density at radius 2 is 1.53 bits per heavy atom. The number of ether oxygens (including phenoxy) is 3. The zero-order valence-electron chi connectivity index (χ0n) is 21.2. The Hall–Kier alpha value is -2.81. The SMILES string of the molecule is CC(C)(C)OC(=O)C[C@@H](O)[C@H](CCCCNC(=O)OCc1ccccc1)NC(=O)OC(C)(C)C. The van der Waals surface area contributed by atoms with Gasteiger partial charge in [0, 0.05) is 6.54 Å². The molecule has 2 amide bonds. The molecule has 0 fully saturated rings. The first-order valence-corrected chi connectivity index (χ1v) is 11.6. The van der Waals surface area contributed by atoms with E-state index in [1.165, 1.54) is 0 Å². The molecular weight excluding hydrogens is 440 g/mol. The maximum atomic E-state index is 12.2. The second-order valence-electron chi connectivity index (χ2n) is 10.1. The van der Waals surface area contributed by atoms with Crippen LogP contribution in [0.1, 0.15) is 72.8 Å². The lowest BCUT2D eigenvalue weighted by Crippen LogP contribution is -2.46. The lowest BCUT2D eigenvalue weighted by atomic mass is 10.0. The van der Waals surface area contributed by atoms with Crippen LogP contribution in [0.3, 0.4) is 0 Å². The standard InChI is InChI=1S/C25H40N2O7/c1-24(2,3)33-21(29)16-20(28)19(27-23(31)34-25(4,5)6)14-10-11-15-26-22(30)32-17-18-12-8-7-9-13-18/h7-9,12-13,19-20,28H,10-11,14-17H2,1-6H3,(H,26,30)(H,27,31)/t19-,20+/m0/s1. The number of esters is 1. The molecule has 3 N–H and O–H groups in total. The van der Waals surface area contributed by atoms with Crippen molar-refractivity contribution >= 4 is 18.2 Å². The Kier molecular flexibility index (Phi) is 11.9. The minimum atomic E-state index is -1.15. The van der Waals surface area contributed by atoms with Crippen LogP contribution in [0.2, 0.25) is 0 Å².